The quantitative estimate of drug-likeness (QED) is 0.700. The second-order valence-electron chi connectivity index (χ2n) is 6.34. The average Bonchev–Trinajstić information content (AvgIpc) is 3.44. The minimum absolute atomic E-state index is 0.174. The van der Waals surface area contributed by atoms with Crippen LogP contribution in [0.5, 0.6) is 11.5 Å². The minimum Gasteiger partial charge on any atom is -0.497 e. The highest BCUT2D eigenvalue weighted by molar-refractivity contribution is 9.10. The Balaban J connectivity index is 1.54. The van der Waals surface area contributed by atoms with Gasteiger partial charge in [-0.3, -0.25) is 4.79 Å². The summed E-state index contributed by atoms with van der Waals surface area (Å²) in [4.78, 5) is 14.7. The fourth-order valence-corrected chi connectivity index (χ4v) is 3.22. The van der Waals surface area contributed by atoms with E-state index in [0.29, 0.717) is 13.2 Å². The number of carbonyl (C=O) groups excluding carboxylic acids is 1. The molecule has 0 bridgehead atoms. The van der Waals surface area contributed by atoms with Crippen molar-refractivity contribution < 1.29 is 14.3 Å². The van der Waals surface area contributed by atoms with Gasteiger partial charge in [-0.05, 0) is 54.8 Å². The van der Waals surface area contributed by atoms with Crippen molar-refractivity contribution in [2.75, 3.05) is 27.3 Å². The smallest absolute Gasteiger partial charge is 0.233 e. The van der Waals surface area contributed by atoms with E-state index >= 15 is 0 Å². The molecule has 0 aromatic heterocycles. The van der Waals surface area contributed by atoms with Gasteiger partial charge in [0.05, 0.1) is 19.1 Å². The first-order chi connectivity index (χ1) is 12.0. The first-order valence-electron chi connectivity index (χ1n) is 8.34. The molecule has 1 fully saturated rings. The Labute approximate surface area is 156 Å². The topological polar surface area (TPSA) is 38.8 Å². The molecule has 0 heterocycles. The summed E-state index contributed by atoms with van der Waals surface area (Å²) in [6, 6.07) is 15.5. The van der Waals surface area contributed by atoms with E-state index in [9.17, 15) is 4.79 Å². The van der Waals surface area contributed by atoms with Crippen LogP contribution in [0.1, 0.15) is 18.4 Å². The maximum atomic E-state index is 12.9. The Hall–Kier alpha value is -2.01. The molecule has 1 aliphatic carbocycles. The third-order valence-electron chi connectivity index (χ3n) is 4.66. The summed E-state index contributed by atoms with van der Waals surface area (Å²) in [5.41, 5.74) is 0.763. The van der Waals surface area contributed by atoms with Crippen molar-refractivity contribution in [1.82, 2.24) is 4.90 Å². The van der Waals surface area contributed by atoms with E-state index in [4.69, 9.17) is 9.47 Å². The summed E-state index contributed by atoms with van der Waals surface area (Å²) < 4.78 is 11.9. The first kappa shape index (κ1) is 17.8. The van der Waals surface area contributed by atoms with Crippen molar-refractivity contribution in [3.63, 3.8) is 0 Å². The van der Waals surface area contributed by atoms with Crippen LogP contribution in [0.15, 0.2) is 53.0 Å². The number of hydrogen-bond acceptors (Lipinski definition) is 3. The van der Waals surface area contributed by atoms with E-state index in [2.05, 4.69) is 15.9 Å². The average molecular weight is 404 g/mol. The largest absolute Gasteiger partial charge is 0.497 e. The van der Waals surface area contributed by atoms with Gasteiger partial charge in [0.25, 0.3) is 0 Å². The van der Waals surface area contributed by atoms with Crippen LogP contribution in [0, 0.1) is 0 Å². The maximum Gasteiger partial charge on any atom is 0.233 e. The zero-order valence-electron chi connectivity index (χ0n) is 14.5. The van der Waals surface area contributed by atoms with Crippen molar-refractivity contribution >= 4 is 21.8 Å². The van der Waals surface area contributed by atoms with Crippen LogP contribution in [0.25, 0.3) is 0 Å². The highest BCUT2D eigenvalue weighted by Gasteiger charge is 2.52. The zero-order valence-corrected chi connectivity index (χ0v) is 16.1. The molecule has 25 heavy (non-hydrogen) atoms. The van der Waals surface area contributed by atoms with E-state index in [-0.39, 0.29) is 11.3 Å². The van der Waals surface area contributed by atoms with Gasteiger partial charge in [0.15, 0.2) is 0 Å². The Morgan fingerprint density at radius 1 is 1.08 bits per heavy atom. The lowest BCUT2D eigenvalue weighted by molar-refractivity contribution is -0.133. The normalized spacial score (nSPS) is 14.7. The Morgan fingerprint density at radius 3 is 2.24 bits per heavy atom. The molecule has 5 heteroatoms. The van der Waals surface area contributed by atoms with Crippen LogP contribution in [-0.2, 0) is 10.2 Å². The highest BCUT2D eigenvalue weighted by atomic mass is 79.9. The molecule has 0 unspecified atom stereocenters. The van der Waals surface area contributed by atoms with Crippen LogP contribution in [0.2, 0.25) is 0 Å². The number of likely N-dealkylation sites (N-methyl/N-ethyl adjacent to an activating group) is 1. The monoisotopic (exact) mass is 403 g/mol. The predicted molar refractivity (Wildman–Crippen MR) is 101 cm³/mol. The number of rotatable bonds is 7. The molecular weight excluding hydrogens is 382 g/mol. The van der Waals surface area contributed by atoms with Crippen molar-refractivity contribution in [1.29, 1.82) is 0 Å². The van der Waals surface area contributed by atoms with Crippen LogP contribution >= 0.6 is 15.9 Å². The molecule has 0 atom stereocenters. The molecule has 1 amide bonds. The molecule has 132 valence electrons. The molecule has 1 aliphatic rings. The number of hydrogen-bond donors (Lipinski definition) is 0. The molecule has 3 rings (SSSR count). The van der Waals surface area contributed by atoms with E-state index < -0.39 is 0 Å². The lowest BCUT2D eigenvalue weighted by Crippen LogP contribution is -2.38. The maximum absolute atomic E-state index is 12.9. The number of nitrogens with zero attached hydrogens (tertiary/aromatic N) is 1. The Bertz CT molecular complexity index is 724. The Kier molecular flexibility index (Phi) is 5.33. The molecule has 0 saturated heterocycles. The molecule has 0 N–H and O–H groups in total. The van der Waals surface area contributed by atoms with Crippen molar-refractivity contribution in [2.24, 2.45) is 0 Å². The number of benzene rings is 2. The second-order valence-corrected chi connectivity index (χ2v) is 7.26. The lowest BCUT2D eigenvalue weighted by atomic mass is 9.94. The van der Waals surface area contributed by atoms with E-state index in [1.807, 2.05) is 55.6 Å². The summed E-state index contributed by atoms with van der Waals surface area (Å²) >= 11 is 3.44. The van der Waals surface area contributed by atoms with Gasteiger partial charge < -0.3 is 14.4 Å². The lowest BCUT2D eigenvalue weighted by Gasteiger charge is -2.24. The fraction of sp³-hybridized carbons (Fsp3) is 0.350. The second kappa shape index (κ2) is 7.48. The van der Waals surface area contributed by atoms with Gasteiger partial charge in [-0.15, -0.1) is 0 Å². The van der Waals surface area contributed by atoms with E-state index in [1.165, 1.54) is 0 Å². The number of methoxy groups -OCH3 is 1. The van der Waals surface area contributed by atoms with Crippen LogP contribution in [0.4, 0.5) is 0 Å². The molecule has 2 aromatic carbocycles. The molecule has 0 spiro atoms. The summed E-state index contributed by atoms with van der Waals surface area (Å²) in [6.45, 7) is 1.02. The standard InChI is InChI=1S/C20H22BrNO3/c1-22(13-14-25-18-9-7-17(24-2)8-10-18)19(23)20(11-12-20)15-3-5-16(21)6-4-15/h3-10H,11-14H2,1-2H3. The van der Waals surface area contributed by atoms with Gasteiger partial charge in [0.1, 0.15) is 18.1 Å². The van der Waals surface area contributed by atoms with E-state index in [0.717, 1.165) is 34.4 Å². The third kappa shape index (κ3) is 3.98. The van der Waals surface area contributed by atoms with Gasteiger partial charge in [-0.25, -0.2) is 0 Å². The number of ether oxygens (including phenoxy) is 2. The molecule has 1 saturated carbocycles. The van der Waals surface area contributed by atoms with Crippen molar-refractivity contribution in [3.8, 4) is 11.5 Å². The number of carbonyl (C=O) groups is 1. The number of amides is 1. The summed E-state index contributed by atoms with van der Waals surface area (Å²) in [5.74, 6) is 1.74. The highest BCUT2D eigenvalue weighted by Crippen LogP contribution is 2.49. The minimum atomic E-state index is -0.338. The summed E-state index contributed by atoms with van der Waals surface area (Å²) in [7, 11) is 3.48. The van der Waals surface area contributed by atoms with Gasteiger partial charge >= 0.3 is 0 Å². The zero-order chi connectivity index (χ0) is 17.9. The van der Waals surface area contributed by atoms with Crippen molar-refractivity contribution in [3.05, 3.63) is 58.6 Å². The molecule has 0 aliphatic heterocycles. The summed E-state index contributed by atoms with van der Waals surface area (Å²) in [6.07, 6.45) is 1.83. The number of halogens is 1. The van der Waals surface area contributed by atoms with Crippen LogP contribution in [-0.4, -0.2) is 38.1 Å². The van der Waals surface area contributed by atoms with Gasteiger partial charge in [0.2, 0.25) is 5.91 Å². The molecule has 0 radical (unpaired) electrons. The van der Waals surface area contributed by atoms with Crippen molar-refractivity contribution in [2.45, 2.75) is 18.3 Å². The predicted octanol–water partition coefficient (Wildman–Crippen LogP) is 4.03. The van der Waals surface area contributed by atoms with Crippen LogP contribution in [0.3, 0.4) is 0 Å². The third-order valence-corrected chi connectivity index (χ3v) is 5.19. The van der Waals surface area contributed by atoms with E-state index in [1.54, 1.807) is 12.0 Å². The van der Waals surface area contributed by atoms with Gasteiger partial charge in [0, 0.05) is 11.5 Å². The van der Waals surface area contributed by atoms with Gasteiger partial charge in [-0.2, -0.15) is 0 Å². The first-order valence-corrected chi connectivity index (χ1v) is 9.13. The molecule has 2 aromatic rings. The Morgan fingerprint density at radius 2 is 1.68 bits per heavy atom. The molecule has 4 nitrogen and oxygen atoms in total. The molecular formula is C20H22BrNO3. The fourth-order valence-electron chi connectivity index (χ4n) is 2.96. The van der Waals surface area contributed by atoms with Crippen LogP contribution < -0.4 is 9.47 Å². The SMILES string of the molecule is COc1ccc(OCCN(C)C(=O)C2(c3ccc(Br)cc3)CC2)cc1. The van der Waals surface area contributed by atoms with Gasteiger partial charge in [-0.1, -0.05) is 28.1 Å². The summed E-state index contributed by atoms with van der Waals surface area (Å²) in [5, 5.41) is 0.